The standard InChI is InChI=1S/C23H22FNO2/c1-17-2-6-19(7-3-17)20-8-12-22(13-9-20)27-16-23(26)25-15-14-18-4-10-21(24)11-5-18/h2-13H,14-16H2,1H3,(H,25,26). The van der Waals surface area contributed by atoms with E-state index in [0.29, 0.717) is 18.7 Å². The SMILES string of the molecule is Cc1ccc(-c2ccc(OCC(=O)NCCc3ccc(F)cc3)cc2)cc1. The Balaban J connectivity index is 1.43. The topological polar surface area (TPSA) is 38.3 Å². The van der Waals surface area contributed by atoms with Gasteiger partial charge in [0.2, 0.25) is 0 Å². The fraction of sp³-hybridized carbons (Fsp3) is 0.174. The maximum atomic E-state index is 12.8. The van der Waals surface area contributed by atoms with Crippen LogP contribution in [0, 0.1) is 12.7 Å². The molecule has 3 aromatic carbocycles. The average Bonchev–Trinajstić information content (AvgIpc) is 2.69. The minimum atomic E-state index is -0.260. The van der Waals surface area contributed by atoms with E-state index in [2.05, 4.69) is 36.5 Å². The van der Waals surface area contributed by atoms with Crippen LogP contribution in [-0.2, 0) is 11.2 Å². The molecule has 27 heavy (non-hydrogen) atoms. The van der Waals surface area contributed by atoms with Crippen molar-refractivity contribution in [2.45, 2.75) is 13.3 Å². The second-order valence-electron chi connectivity index (χ2n) is 6.41. The normalized spacial score (nSPS) is 10.4. The third-order valence-electron chi connectivity index (χ3n) is 4.26. The summed E-state index contributed by atoms with van der Waals surface area (Å²) in [4.78, 5) is 11.9. The van der Waals surface area contributed by atoms with Gasteiger partial charge in [-0.2, -0.15) is 0 Å². The largest absolute Gasteiger partial charge is 0.484 e. The van der Waals surface area contributed by atoms with Crippen molar-refractivity contribution in [2.24, 2.45) is 0 Å². The van der Waals surface area contributed by atoms with Crippen LogP contribution in [0.5, 0.6) is 5.75 Å². The molecular weight excluding hydrogens is 341 g/mol. The maximum Gasteiger partial charge on any atom is 0.257 e. The molecule has 3 aromatic rings. The number of rotatable bonds is 7. The smallest absolute Gasteiger partial charge is 0.257 e. The van der Waals surface area contributed by atoms with E-state index < -0.39 is 0 Å². The number of carbonyl (C=O) groups excluding carboxylic acids is 1. The number of hydrogen-bond donors (Lipinski definition) is 1. The molecule has 0 unspecified atom stereocenters. The maximum absolute atomic E-state index is 12.8. The van der Waals surface area contributed by atoms with Crippen LogP contribution in [0.4, 0.5) is 4.39 Å². The molecule has 1 N–H and O–H groups in total. The second kappa shape index (κ2) is 8.99. The van der Waals surface area contributed by atoms with Gasteiger partial charge in [-0.1, -0.05) is 54.1 Å². The number of amides is 1. The first kappa shape index (κ1) is 18.6. The molecule has 0 aliphatic carbocycles. The van der Waals surface area contributed by atoms with Crippen LogP contribution in [0.1, 0.15) is 11.1 Å². The van der Waals surface area contributed by atoms with E-state index in [4.69, 9.17) is 4.74 Å². The minimum absolute atomic E-state index is 0.0344. The Hall–Kier alpha value is -3.14. The Morgan fingerprint density at radius 1 is 0.889 bits per heavy atom. The Kier molecular flexibility index (Phi) is 6.21. The summed E-state index contributed by atoms with van der Waals surface area (Å²) in [7, 11) is 0. The van der Waals surface area contributed by atoms with Gasteiger partial charge in [0.05, 0.1) is 0 Å². The Morgan fingerprint density at radius 3 is 2.11 bits per heavy atom. The van der Waals surface area contributed by atoms with Gasteiger partial charge in [0.25, 0.3) is 5.91 Å². The fourth-order valence-corrected chi connectivity index (χ4v) is 2.69. The molecule has 0 aliphatic rings. The number of aryl methyl sites for hydroxylation is 1. The first-order valence-corrected chi connectivity index (χ1v) is 8.91. The Bertz CT molecular complexity index is 872. The highest BCUT2D eigenvalue weighted by atomic mass is 19.1. The molecule has 3 rings (SSSR count). The zero-order valence-electron chi connectivity index (χ0n) is 15.2. The zero-order valence-corrected chi connectivity index (χ0v) is 15.2. The van der Waals surface area contributed by atoms with Gasteiger partial charge < -0.3 is 10.1 Å². The highest BCUT2D eigenvalue weighted by Crippen LogP contribution is 2.22. The summed E-state index contributed by atoms with van der Waals surface area (Å²) in [5.74, 6) is 0.212. The third kappa shape index (κ3) is 5.68. The first-order valence-electron chi connectivity index (χ1n) is 8.91. The molecule has 0 saturated heterocycles. The molecule has 4 heteroatoms. The predicted octanol–water partition coefficient (Wildman–Crippen LogP) is 4.54. The lowest BCUT2D eigenvalue weighted by molar-refractivity contribution is -0.123. The van der Waals surface area contributed by atoms with Crippen molar-refractivity contribution in [3.8, 4) is 16.9 Å². The van der Waals surface area contributed by atoms with Gasteiger partial charge in [0.15, 0.2) is 6.61 Å². The van der Waals surface area contributed by atoms with Crippen molar-refractivity contribution in [3.63, 3.8) is 0 Å². The lowest BCUT2D eigenvalue weighted by atomic mass is 10.0. The van der Waals surface area contributed by atoms with Crippen molar-refractivity contribution < 1.29 is 13.9 Å². The molecule has 0 fully saturated rings. The van der Waals surface area contributed by atoms with Gasteiger partial charge in [-0.3, -0.25) is 4.79 Å². The molecule has 138 valence electrons. The van der Waals surface area contributed by atoms with Crippen molar-refractivity contribution in [2.75, 3.05) is 13.2 Å². The summed E-state index contributed by atoms with van der Waals surface area (Å²) >= 11 is 0. The molecule has 0 radical (unpaired) electrons. The van der Waals surface area contributed by atoms with Gasteiger partial charge >= 0.3 is 0 Å². The number of carbonyl (C=O) groups is 1. The molecule has 0 atom stereocenters. The zero-order chi connectivity index (χ0) is 19.1. The van der Waals surface area contributed by atoms with Crippen molar-refractivity contribution >= 4 is 5.91 Å². The molecule has 1 amide bonds. The minimum Gasteiger partial charge on any atom is -0.484 e. The van der Waals surface area contributed by atoms with Gasteiger partial charge in [-0.05, 0) is 54.3 Å². The van der Waals surface area contributed by atoms with Gasteiger partial charge in [-0.25, -0.2) is 4.39 Å². The highest BCUT2D eigenvalue weighted by molar-refractivity contribution is 5.77. The number of hydrogen-bond acceptors (Lipinski definition) is 2. The van der Waals surface area contributed by atoms with Crippen molar-refractivity contribution in [1.82, 2.24) is 5.32 Å². The van der Waals surface area contributed by atoms with Crippen molar-refractivity contribution in [1.29, 1.82) is 0 Å². The first-order chi connectivity index (χ1) is 13.1. The van der Waals surface area contributed by atoms with E-state index in [1.54, 1.807) is 12.1 Å². The van der Waals surface area contributed by atoms with Crippen LogP contribution in [0.2, 0.25) is 0 Å². The summed E-state index contributed by atoms with van der Waals surface area (Å²) in [6, 6.07) is 22.3. The summed E-state index contributed by atoms with van der Waals surface area (Å²) < 4.78 is 18.4. The average molecular weight is 363 g/mol. The molecule has 0 bridgehead atoms. The van der Waals surface area contributed by atoms with E-state index in [1.165, 1.54) is 17.7 Å². The van der Waals surface area contributed by atoms with E-state index in [1.807, 2.05) is 24.3 Å². The van der Waals surface area contributed by atoms with Crippen LogP contribution in [-0.4, -0.2) is 19.1 Å². The van der Waals surface area contributed by atoms with Crippen LogP contribution in [0.25, 0.3) is 11.1 Å². The Labute approximate surface area is 158 Å². The predicted molar refractivity (Wildman–Crippen MR) is 105 cm³/mol. The van der Waals surface area contributed by atoms with E-state index >= 15 is 0 Å². The Morgan fingerprint density at radius 2 is 1.48 bits per heavy atom. The van der Waals surface area contributed by atoms with E-state index in [9.17, 15) is 9.18 Å². The molecule has 0 aromatic heterocycles. The second-order valence-corrected chi connectivity index (χ2v) is 6.41. The van der Waals surface area contributed by atoms with E-state index in [0.717, 1.165) is 16.7 Å². The fourth-order valence-electron chi connectivity index (χ4n) is 2.69. The molecule has 0 spiro atoms. The number of nitrogens with one attached hydrogen (secondary N) is 1. The lowest BCUT2D eigenvalue weighted by Gasteiger charge is -2.09. The van der Waals surface area contributed by atoms with Gasteiger partial charge in [0.1, 0.15) is 11.6 Å². The van der Waals surface area contributed by atoms with Crippen LogP contribution in [0.15, 0.2) is 72.8 Å². The van der Waals surface area contributed by atoms with Gasteiger partial charge in [0, 0.05) is 6.54 Å². The summed E-state index contributed by atoms with van der Waals surface area (Å²) in [5.41, 5.74) is 4.45. The number of halogens is 1. The summed E-state index contributed by atoms with van der Waals surface area (Å²) in [5, 5.41) is 2.80. The molecule has 0 heterocycles. The lowest BCUT2D eigenvalue weighted by Crippen LogP contribution is -2.30. The third-order valence-corrected chi connectivity index (χ3v) is 4.26. The van der Waals surface area contributed by atoms with Crippen molar-refractivity contribution in [3.05, 3.63) is 89.7 Å². The molecule has 0 aliphatic heterocycles. The van der Waals surface area contributed by atoms with Crippen LogP contribution in [0.3, 0.4) is 0 Å². The number of ether oxygens (including phenoxy) is 1. The monoisotopic (exact) mass is 363 g/mol. The summed E-state index contributed by atoms with van der Waals surface area (Å²) in [6.07, 6.45) is 0.650. The summed E-state index contributed by atoms with van der Waals surface area (Å²) in [6.45, 7) is 2.51. The molecule has 3 nitrogen and oxygen atoms in total. The van der Waals surface area contributed by atoms with Crippen LogP contribution >= 0.6 is 0 Å². The molecule has 0 saturated carbocycles. The quantitative estimate of drug-likeness (QED) is 0.669. The number of benzene rings is 3. The van der Waals surface area contributed by atoms with Crippen LogP contribution < -0.4 is 10.1 Å². The van der Waals surface area contributed by atoms with E-state index in [-0.39, 0.29) is 18.3 Å². The molecular formula is C23H22FNO2. The highest BCUT2D eigenvalue weighted by Gasteiger charge is 2.04. The van der Waals surface area contributed by atoms with Gasteiger partial charge in [-0.15, -0.1) is 0 Å².